The van der Waals surface area contributed by atoms with Gasteiger partial charge in [-0.15, -0.1) is 0 Å². The highest BCUT2D eigenvalue weighted by atomic mass is 32.2. The molecule has 1 saturated heterocycles. The molecule has 0 unspecified atom stereocenters. The third kappa shape index (κ3) is 6.85. The van der Waals surface area contributed by atoms with Crippen molar-refractivity contribution < 1.29 is 21.6 Å². The Morgan fingerprint density at radius 3 is 2.23 bits per heavy atom. The van der Waals surface area contributed by atoms with Gasteiger partial charge in [-0.2, -0.15) is 17.5 Å². The summed E-state index contributed by atoms with van der Waals surface area (Å²) in [4.78, 5) is 6.64. The number of piperidine rings is 1. The molecule has 0 bridgehead atoms. The molecular formula is C19H30F3N5O2S. The second kappa shape index (κ2) is 10.5. The van der Waals surface area contributed by atoms with Crippen molar-refractivity contribution in [1.82, 2.24) is 19.8 Å². The van der Waals surface area contributed by atoms with E-state index in [0.29, 0.717) is 23.4 Å². The maximum atomic E-state index is 12.7. The van der Waals surface area contributed by atoms with Crippen molar-refractivity contribution in [2.45, 2.75) is 44.4 Å². The maximum Gasteiger partial charge on any atom is 0.511 e. The third-order valence-corrected chi connectivity index (χ3v) is 6.34. The van der Waals surface area contributed by atoms with Crippen LogP contribution >= 0.6 is 0 Å². The molecule has 1 aromatic carbocycles. The number of hydrogen-bond acceptors (Lipinski definition) is 4. The first-order chi connectivity index (χ1) is 14.0. The van der Waals surface area contributed by atoms with Crippen LogP contribution in [-0.2, 0) is 23.1 Å². The van der Waals surface area contributed by atoms with Gasteiger partial charge in [-0.05, 0) is 45.0 Å². The molecule has 0 spiro atoms. The molecule has 0 aromatic heterocycles. The fraction of sp³-hybridized carbons (Fsp3) is 0.632. The van der Waals surface area contributed by atoms with Crippen LogP contribution in [0.2, 0.25) is 0 Å². The van der Waals surface area contributed by atoms with Gasteiger partial charge >= 0.3 is 15.5 Å². The van der Waals surface area contributed by atoms with E-state index in [-0.39, 0.29) is 32.0 Å². The Morgan fingerprint density at radius 2 is 1.73 bits per heavy atom. The van der Waals surface area contributed by atoms with E-state index >= 15 is 0 Å². The molecule has 0 amide bonds. The largest absolute Gasteiger partial charge is 0.511 e. The van der Waals surface area contributed by atoms with Gasteiger partial charge < -0.3 is 15.5 Å². The van der Waals surface area contributed by atoms with Crippen LogP contribution in [0.15, 0.2) is 29.3 Å². The van der Waals surface area contributed by atoms with Gasteiger partial charge in [-0.3, -0.25) is 0 Å². The molecule has 7 nitrogen and oxygen atoms in total. The molecule has 30 heavy (non-hydrogen) atoms. The predicted octanol–water partition coefficient (Wildman–Crippen LogP) is 2.12. The zero-order valence-corrected chi connectivity index (χ0v) is 18.4. The zero-order chi connectivity index (χ0) is 22.4. The van der Waals surface area contributed by atoms with E-state index in [1.807, 2.05) is 33.2 Å². The molecule has 11 heteroatoms. The molecule has 1 aromatic rings. The Balaban J connectivity index is 1.93. The SMILES string of the molecule is CCNC(=NCc1ccc(CN(C)C)cc1)NC1CCN(S(=O)(=O)C(F)(F)F)CC1. The normalized spacial score (nSPS) is 17.4. The van der Waals surface area contributed by atoms with Gasteiger partial charge in [0, 0.05) is 32.2 Å². The third-order valence-electron chi connectivity index (χ3n) is 4.71. The lowest BCUT2D eigenvalue weighted by Crippen LogP contribution is -2.51. The van der Waals surface area contributed by atoms with E-state index in [1.165, 1.54) is 5.56 Å². The minimum Gasteiger partial charge on any atom is -0.357 e. The molecular weight excluding hydrogens is 419 g/mol. The zero-order valence-electron chi connectivity index (χ0n) is 17.5. The Kier molecular flexibility index (Phi) is 8.51. The minimum atomic E-state index is -5.26. The molecule has 2 N–H and O–H groups in total. The first-order valence-corrected chi connectivity index (χ1v) is 11.3. The van der Waals surface area contributed by atoms with Crippen molar-refractivity contribution >= 4 is 16.0 Å². The van der Waals surface area contributed by atoms with Crippen LogP contribution in [0.5, 0.6) is 0 Å². The minimum absolute atomic E-state index is 0.148. The topological polar surface area (TPSA) is 77.0 Å². The van der Waals surface area contributed by atoms with Crippen molar-refractivity contribution in [1.29, 1.82) is 0 Å². The number of nitrogens with zero attached hydrogens (tertiary/aromatic N) is 3. The average molecular weight is 450 g/mol. The predicted molar refractivity (Wildman–Crippen MR) is 111 cm³/mol. The Labute approximate surface area is 176 Å². The van der Waals surface area contributed by atoms with E-state index in [9.17, 15) is 21.6 Å². The quantitative estimate of drug-likeness (QED) is 0.493. The van der Waals surface area contributed by atoms with Crippen molar-refractivity contribution in [3.63, 3.8) is 0 Å². The van der Waals surface area contributed by atoms with Gasteiger partial charge in [0.1, 0.15) is 0 Å². The molecule has 1 aliphatic heterocycles. The van der Waals surface area contributed by atoms with Crippen LogP contribution in [0, 0.1) is 0 Å². The molecule has 1 fully saturated rings. The summed E-state index contributed by atoms with van der Waals surface area (Å²) in [5.74, 6) is 0.562. The Hall–Kier alpha value is -1.85. The lowest BCUT2D eigenvalue weighted by atomic mass is 10.1. The number of nitrogens with one attached hydrogen (secondary N) is 2. The summed E-state index contributed by atoms with van der Waals surface area (Å²) in [7, 11) is -1.24. The smallest absolute Gasteiger partial charge is 0.357 e. The van der Waals surface area contributed by atoms with Crippen LogP contribution < -0.4 is 10.6 Å². The number of sulfonamides is 1. The molecule has 0 radical (unpaired) electrons. The second-order valence-corrected chi connectivity index (χ2v) is 9.45. The summed E-state index contributed by atoms with van der Waals surface area (Å²) in [6.45, 7) is 3.52. The van der Waals surface area contributed by atoms with Gasteiger partial charge in [0.15, 0.2) is 5.96 Å². The van der Waals surface area contributed by atoms with Gasteiger partial charge in [-0.1, -0.05) is 24.3 Å². The lowest BCUT2D eigenvalue weighted by molar-refractivity contribution is -0.0494. The van der Waals surface area contributed by atoms with Crippen molar-refractivity contribution in [3.8, 4) is 0 Å². The van der Waals surface area contributed by atoms with Crippen molar-refractivity contribution in [3.05, 3.63) is 35.4 Å². The van der Waals surface area contributed by atoms with Crippen LogP contribution in [-0.4, -0.2) is 68.9 Å². The number of benzene rings is 1. The molecule has 1 heterocycles. The highest BCUT2D eigenvalue weighted by Crippen LogP contribution is 2.28. The monoisotopic (exact) mass is 449 g/mol. The number of guanidine groups is 1. The highest BCUT2D eigenvalue weighted by Gasteiger charge is 2.50. The maximum absolute atomic E-state index is 12.7. The van der Waals surface area contributed by atoms with Crippen LogP contribution in [0.4, 0.5) is 13.2 Å². The molecule has 2 rings (SSSR count). The van der Waals surface area contributed by atoms with E-state index in [0.717, 1.165) is 12.1 Å². The lowest BCUT2D eigenvalue weighted by Gasteiger charge is -2.32. The summed E-state index contributed by atoms with van der Waals surface area (Å²) in [6.07, 6.45) is 0.553. The molecule has 1 aliphatic rings. The first-order valence-electron chi connectivity index (χ1n) is 9.86. The van der Waals surface area contributed by atoms with Crippen molar-refractivity contribution in [2.75, 3.05) is 33.7 Å². The van der Waals surface area contributed by atoms with Crippen LogP contribution in [0.25, 0.3) is 0 Å². The van der Waals surface area contributed by atoms with Gasteiger partial charge in [0.25, 0.3) is 0 Å². The standard InChI is InChI=1S/C19H30F3N5O2S/c1-4-23-18(24-13-15-5-7-16(8-6-15)14-26(2)3)25-17-9-11-27(12-10-17)30(28,29)19(20,21)22/h5-8,17H,4,9-14H2,1-3H3,(H2,23,24,25). The van der Waals surface area contributed by atoms with E-state index in [4.69, 9.17) is 0 Å². The van der Waals surface area contributed by atoms with E-state index < -0.39 is 15.5 Å². The van der Waals surface area contributed by atoms with Crippen LogP contribution in [0.1, 0.15) is 30.9 Å². The number of halogens is 3. The summed E-state index contributed by atoms with van der Waals surface area (Å²) in [5, 5.41) is 6.33. The Bertz CT molecular complexity index is 802. The average Bonchev–Trinajstić information content (AvgIpc) is 2.66. The highest BCUT2D eigenvalue weighted by molar-refractivity contribution is 7.90. The molecule has 0 atom stereocenters. The fourth-order valence-electron chi connectivity index (χ4n) is 3.19. The summed E-state index contributed by atoms with van der Waals surface area (Å²) >= 11 is 0. The van der Waals surface area contributed by atoms with Crippen molar-refractivity contribution in [2.24, 2.45) is 4.99 Å². The first kappa shape index (κ1) is 24.4. The molecule has 0 aliphatic carbocycles. The van der Waals surface area contributed by atoms with E-state index in [1.54, 1.807) is 0 Å². The van der Waals surface area contributed by atoms with Gasteiger partial charge in [-0.25, -0.2) is 13.4 Å². The summed E-state index contributed by atoms with van der Waals surface area (Å²) in [5.41, 5.74) is -3.01. The summed E-state index contributed by atoms with van der Waals surface area (Å²) < 4.78 is 61.6. The van der Waals surface area contributed by atoms with E-state index in [2.05, 4.69) is 32.7 Å². The summed E-state index contributed by atoms with van der Waals surface area (Å²) in [6, 6.07) is 8.01. The fourth-order valence-corrected chi connectivity index (χ4v) is 4.17. The molecule has 0 saturated carbocycles. The number of rotatable bonds is 7. The Morgan fingerprint density at radius 1 is 1.17 bits per heavy atom. The number of aliphatic imine (C=N–C) groups is 1. The molecule has 170 valence electrons. The van der Waals surface area contributed by atoms with Gasteiger partial charge in [0.05, 0.1) is 6.54 Å². The van der Waals surface area contributed by atoms with Crippen LogP contribution in [0.3, 0.4) is 0 Å². The number of hydrogen-bond donors (Lipinski definition) is 2. The second-order valence-electron chi connectivity index (χ2n) is 7.52. The van der Waals surface area contributed by atoms with Gasteiger partial charge in [0.2, 0.25) is 0 Å². The number of alkyl halides is 3.